The highest BCUT2D eigenvalue weighted by molar-refractivity contribution is 5.91. The Morgan fingerprint density at radius 2 is 2.00 bits per heavy atom. The minimum atomic E-state index is -1.43. The fourth-order valence-electron chi connectivity index (χ4n) is 1.68. The summed E-state index contributed by atoms with van der Waals surface area (Å²) in [6, 6.07) is 3.69. The summed E-state index contributed by atoms with van der Waals surface area (Å²) >= 11 is 0. The standard InChI is InChI=1S/C15H20FNO4/c1-9(2)7-8-17-14(18)10(3)21-12-6-4-5-11(16)13(12)15(19)20/h4-6,9-10H,7-8H2,1-3H3,(H,17,18)(H,19,20). The van der Waals surface area contributed by atoms with Crippen LogP contribution in [0.3, 0.4) is 0 Å². The number of nitrogens with one attached hydrogen (secondary N) is 1. The van der Waals surface area contributed by atoms with Gasteiger partial charge in [-0.05, 0) is 31.4 Å². The summed E-state index contributed by atoms with van der Waals surface area (Å²) < 4.78 is 18.8. The van der Waals surface area contributed by atoms with Crippen molar-refractivity contribution < 1.29 is 23.8 Å². The van der Waals surface area contributed by atoms with Crippen LogP contribution >= 0.6 is 0 Å². The number of aromatic carboxylic acids is 1. The molecule has 0 spiro atoms. The molecule has 2 N–H and O–H groups in total. The number of carboxylic acid groups (broad SMARTS) is 1. The van der Waals surface area contributed by atoms with Gasteiger partial charge in [0.2, 0.25) is 0 Å². The zero-order valence-electron chi connectivity index (χ0n) is 12.4. The summed E-state index contributed by atoms with van der Waals surface area (Å²) in [5.41, 5.74) is -0.570. The van der Waals surface area contributed by atoms with E-state index in [1.165, 1.54) is 19.1 Å². The van der Waals surface area contributed by atoms with Crippen LogP contribution in [-0.4, -0.2) is 29.6 Å². The number of carbonyl (C=O) groups is 2. The molecule has 1 aromatic rings. The molecular formula is C15H20FNO4. The lowest BCUT2D eigenvalue weighted by Gasteiger charge is -2.16. The molecule has 0 aromatic heterocycles. The van der Waals surface area contributed by atoms with E-state index in [9.17, 15) is 14.0 Å². The Kier molecular flexibility index (Phi) is 6.14. The van der Waals surface area contributed by atoms with E-state index in [4.69, 9.17) is 9.84 Å². The highest BCUT2D eigenvalue weighted by atomic mass is 19.1. The van der Waals surface area contributed by atoms with E-state index in [2.05, 4.69) is 5.32 Å². The molecule has 0 saturated carbocycles. The van der Waals surface area contributed by atoms with Crippen LogP contribution in [-0.2, 0) is 4.79 Å². The summed E-state index contributed by atoms with van der Waals surface area (Å²) in [5.74, 6) is -2.39. The number of hydrogen-bond acceptors (Lipinski definition) is 3. The second-order valence-electron chi connectivity index (χ2n) is 5.15. The van der Waals surface area contributed by atoms with Crippen LogP contribution in [0.5, 0.6) is 5.75 Å². The van der Waals surface area contributed by atoms with Crippen LogP contribution in [0, 0.1) is 11.7 Å². The number of halogens is 1. The molecule has 1 atom stereocenters. The number of benzene rings is 1. The number of amides is 1. The molecule has 6 heteroatoms. The third-order valence-corrected chi connectivity index (χ3v) is 2.88. The Balaban J connectivity index is 2.70. The first-order valence-electron chi connectivity index (χ1n) is 6.79. The van der Waals surface area contributed by atoms with Crippen molar-refractivity contribution in [3.63, 3.8) is 0 Å². The fourth-order valence-corrected chi connectivity index (χ4v) is 1.68. The van der Waals surface area contributed by atoms with Gasteiger partial charge in [-0.25, -0.2) is 9.18 Å². The van der Waals surface area contributed by atoms with E-state index >= 15 is 0 Å². The summed E-state index contributed by atoms with van der Waals surface area (Å²) in [7, 11) is 0. The first-order valence-corrected chi connectivity index (χ1v) is 6.79. The van der Waals surface area contributed by atoms with Crippen LogP contribution in [0.25, 0.3) is 0 Å². The van der Waals surface area contributed by atoms with Crippen LogP contribution < -0.4 is 10.1 Å². The topological polar surface area (TPSA) is 75.6 Å². The quantitative estimate of drug-likeness (QED) is 0.810. The molecule has 0 bridgehead atoms. The van der Waals surface area contributed by atoms with E-state index in [1.54, 1.807) is 0 Å². The Morgan fingerprint density at radius 3 is 2.57 bits per heavy atom. The predicted molar refractivity (Wildman–Crippen MR) is 75.9 cm³/mol. The highest BCUT2D eigenvalue weighted by Gasteiger charge is 2.21. The first kappa shape index (κ1) is 16.9. The van der Waals surface area contributed by atoms with Gasteiger partial charge in [0.1, 0.15) is 17.1 Å². The predicted octanol–water partition coefficient (Wildman–Crippen LogP) is 2.45. The molecule has 1 aromatic carbocycles. The molecule has 21 heavy (non-hydrogen) atoms. The van der Waals surface area contributed by atoms with Crippen molar-refractivity contribution in [2.24, 2.45) is 5.92 Å². The average molecular weight is 297 g/mol. The maximum absolute atomic E-state index is 13.5. The van der Waals surface area contributed by atoms with Gasteiger partial charge in [-0.2, -0.15) is 0 Å². The minimum Gasteiger partial charge on any atom is -0.480 e. The van der Waals surface area contributed by atoms with Crippen LogP contribution in [0.2, 0.25) is 0 Å². The molecule has 0 fully saturated rings. The largest absolute Gasteiger partial charge is 0.480 e. The van der Waals surface area contributed by atoms with Gasteiger partial charge >= 0.3 is 5.97 Å². The molecule has 0 aliphatic heterocycles. The zero-order chi connectivity index (χ0) is 16.0. The first-order chi connectivity index (χ1) is 9.82. The molecule has 0 saturated heterocycles. The van der Waals surface area contributed by atoms with E-state index in [0.29, 0.717) is 12.5 Å². The molecule has 0 radical (unpaired) electrons. The van der Waals surface area contributed by atoms with Crippen molar-refractivity contribution in [1.82, 2.24) is 5.32 Å². The van der Waals surface area contributed by atoms with Crippen molar-refractivity contribution in [2.75, 3.05) is 6.54 Å². The lowest BCUT2D eigenvalue weighted by molar-refractivity contribution is -0.127. The summed E-state index contributed by atoms with van der Waals surface area (Å²) in [5, 5.41) is 11.7. The number of carboxylic acids is 1. The van der Waals surface area contributed by atoms with Crippen molar-refractivity contribution in [1.29, 1.82) is 0 Å². The third kappa shape index (κ3) is 5.06. The van der Waals surface area contributed by atoms with E-state index in [0.717, 1.165) is 12.5 Å². The van der Waals surface area contributed by atoms with Crippen molar-refractivity contribution in [2.45, 2.75) is 33.3 Å². The molecule has 5 nitrogen and oxygen atoms in total. The summed E-state index contributed by atoms with van der Waals surface area (Å²) in [4.78, 5) is 22.8. The smallest absolute Gasteiger partial charge is 0.342 e. The van der Waals surface area contributed by atoms with Crippen molar-refractivity contribution in [3.8, 4) is 5.75 Å². The maximum atomic E-state index is 13.5. The number of ether oxygens (including phenoxy) is 1. The van der Waals surface area contributed by atoms with Gasteiger partial charge < -0.3 is 15.2 Å². The Hall–Kier alpha value is -2.11. The van der Waals surface area contributed by atoms with Gasteiger partial charge in [0.15, 0.2) is 6.10 Å². The second-order valence-corrected chi connectivity index (χ2v) is 5.15. The third-order valence-electron chi connectivity index (χ3n) is 2.88. The minimum absolute atomic E-state index is 0.158. The molecular weight excluding hydrogens is 277 g/mol. The maximum Gasteiger partial charge on any atom is 0.342 e. The van der Waals surface area contributed by atoms with Crippen LogP contribution in [0.15, 0.2) is 18.2 Å². The average Bonchev–Trinajstić information content (AvgIpc) is 2.37. The van der Waals surface area contributed by atoms with Gasteiger partial charge in [0, 0.05) is 6.54 Å². The molecule has 1 unspecified atom stereocenters. The number of carbonyl (C=O) groups excluding carboxylic acids is 1. The molecule has 1 amide bonds. The second kappa shape index (κ2) is 7.61. The van der Waals surface area contributed by atoms with Gasteiger partial charge in [-0.3, -0.25) is 4.79 Å². The number of hydrogen-bond donors (Lipinski definition) is 2. The number of rotatable bonds is 7. The summed E-state index contributed by atoms with van der Waals surface area (Å²) in [6.07, 6.45) is -0.0734. The monoisotopic (exact) mass is 297 g/mol. The van der Waals surface area contributed by atoms with Crippen molar-refractivity contribution in [3.05, 3.63) is 29.6 Å². The van der Waals surface area contributed by atoms with E-state index in [1.807, 2.05) is 13.8 Å². The van der Waals surface area contributed by atoms with Crippen molar-refractivity contribution >= 4 is 11.9 Å². The molecule has 0 aliphatic carbocycles. The van der Waals surface area contributed by atoms with Crippen LogP contribution in [0.1, 0.15) is 37.6 Å². The lowest BCUT2D eigenvalue weighted by atomic mass is 10.1. The fraction of sp³-hybridized carbons (Fsp3) is 0.467. The summed E-state index contributed by atoms with van der Waals surface area (Å²) in [6.45, 7) is 6.08. The molecule has 0 aliphatic rings. The van der Waals surface area contributed by atoms with Gasteiger partial charge in [0.05, 0.1) is 0 Å². The molecule has 1 rings (SSSR count). The molecule has 0 heterocycles. The highest BCUT2D eigenvalue weighted by Crippen LogP contribution is 2.22. The van der Waals surface area contributed by atoms with E-state index < -0.39 is 23.5 Å². The Bertz CT molecular complexity index is 516. The van der Waals surface area contributed by atoms with Gasteiger partial charge in [-0.1, -0.05) is 19.9 Å². The Morgan fingerprint density at radius 1 is 1.33 bits per heavy atom. The normalized spacial score (nSPS) is 12.0. The SMILES string of the molecule is CC(C)CCNC(=O)C(C)Oc1cccc(F)c1C(=O)O. The van der Waals surface area contributed by atoms with Crippen LogP contribution in [0.4, 0.5) is 4.39 Å². The van der Waals surface area contributed by atoms with Gasteiger partial charge in [0.25, 0.3) is 5.91 Å². The zero-order valence-corrected chi connectivity index (χ0v) is 12.4. The lowest BCUT2D eigenvalue weighted by Crippen LogP contribution is -2.37. The Labute approximate surface area is 123 Å². The molecule has 116 valence electrons. The van der Waals surface area contributed by atoms with Gasteiger partial charge in [-0.15, -0.1) is 0 Å². The van der Waals surface area contributed by atoms with E-state index in [-0.39, 0.29) is 11.7 Å².